The first kappa shape index (κ1) is 30.6. The van der Waals surface area contributed by atoms with E-state index < -0.39 is 39.9 Å². The Kier molecular flexibility index (Phi) is 9.92. The summed E-state index contributed by atoms with van der Waals surface area (Å²) in [5.41, 5.74) is 0.460. The summed E-state index contributed by atoms with van der Waals surface area (Å²) in [6.45, 7) is 6.84. The molecule has 3 aromatic rings. The van der Waals surface area contributed by atoms with Crippen LogP contribution >= 0.6 is 0 Å². The molecular weight excluding hydrogens is 533 g/mol. The van der Waals surface area contributed by atoms with Gasteiger partial charge >= 0.3 is 0 Å². The van der Waals surface area contributed by atoms with Crippen LogP contribution in [0.4, 0.5) is 10.1 Å². The lowest BCUT2D eigenvalue weighted by Crippen LogP contribution is -2.55. The quantitative estimate of drug-likeness (QED) is 0.360. The maximum absolute atomic E-state index is 14.0. The van der Waals surface area contributed by atoms with E-state index in [4.69, 9.17) is 4.74 Å². The Morgan fingerprint density at radius 1 is 0.950 bits per heavy atom. The molecule has 3 rings (SSSR count). The average Bonchev–Trinajstić information content (AvgIpc) is 2.91. The fourth-order valence-corrected chi connectivity index (χ4v) is 5.57. The monoisotopic (exact) mass is 569 g/mol. The van der Waals surface area contributed by atoms with Crippen LogP contribution in [0, 0.1) is 5.82 Å². The maximum atomic E-state index is 14.0. The summed E-state index contributed by atoms with van der Waals surface area (Å²) in [6.07, 6.45) is 0.305. The van der Waals surface area contributed by atoms with Gasteiger partial charge < -0.3 is 15.0 Å². The first-order valence-electron chi connectivity index (χ1n) is 12.9. The number of carbonyl (C=O) groups is 2. The van der Waals surface area contributed by atoms with Gasteiger partial charge in [-0.05, 0) is 81.3 Å². The third-order valence-electron chi connectivity index (χ3n) is 6.12. The SMILES string of the molecule is CCC(C(=O)NC(C)(C)C)N(Cc1ccc(OC)cc1)C(=O)CN(c1ccccc1)S(=O)(=O)c1ccc(F)cc1. The normalized spacial score (nSPS) is 12.3. The second-order valence-corrected chi connectivity index (χ2v) is 12.2. The molecule has 8 nitrogen and oxygen atoms in total. The predicted octanol–water partition coefficient (Wildman–Crippen LogP) is 4.75. The largest absolute Gasteiger partial charge is 0.497 e. The van der Waals surface area contributed by atoms with Crippen LogP contribution in [0.15, 0.2) is 83.8 Å². The van der Waals surface area contributed by atoms with Gasteiger partial charge in [0.25, 0.3) is 10.0 Å². The number of benzene rings is 3. The molecule has 0 heterocycles. The number of hydrogen-bond acceptors (Lipinski definition) is 5. The minimum Gasteiger partial charge on any atom is -0.497 e. The molecular formula is C30H36FN3O5S. The van der Waals surface area contributed by atoms with Gasteiger partial charge in [0.1, 0.15) is 24.2 Å². The molecule has 0 aromatic heterocycles. The number of para-hydroxylation sites is 1. The van der Waals surface area contributed by atoms with Crippen LogP contribution in [-0.4, -0.2) is 50.4 Å². The van der Waals surface area contributed by atoms with Gasteiger partial charge in [0.05, 0.1) is 17.7 Å². The van der Waals surface area contributed by atoms with Crippen LogP contribution in [0.2, 0.25) is 0 Å². The van der Waals surface area contributed by atoms with Gasteiger partial charge in [-0.15, -0.1) is 0 Å². The van der Waals surface area contributed by atoms with E-state index in [9.17, 15) is 22.4 Å². The van der Waals surface area contributed by atoms with Crippen LogP contribution < -0.4 is 14.4 Å². The van der Waals surface area contributed by atoms with E-state index in [1.807, 2.05) is 20.8 Å². The van der Waals surface area contributed by atoms with E-state index in [2.05, 4.69) is 5.32 Å². The highest BCUT2D eigenvalue weighted by atomic mass is 32.2. The van der Waals surface area contributed by atoms with Crippen molar-refractivity contribution in [1.29, 1.82) is 0 Å². The number of amides is 2. The smallest absolute Gasteiger partial charge is 0.264 e. The van der Waals surface area contributed by atoms with Crippen LogP contribution in [0.1, 0.15) is 39.7 Å². The van der Waals surface area contributed by atoms with Gasteiger partial charge in [-0.25, -0.2) is 12.8 Å². The Balaban J connectivity index is 2.04. The summed E-state index contributed by atoms with van der Waals surface area (Å²) in [4.78, 5) is 28.6. The maximum Gasteiger partial charge on any atom is 0.264 e. The molecule has 0 aliphatic rings. The third kappa shape index (κ3) is 7.81. The molecule has 0 radical (unpaired) electrons. The number of halogens is 1. The highest BCUT2D eigenvalue weighted by Crippen LogP contribution is 2.25. The highest BCUT2D eigenvalue weighted by Gasteiger charge is 2.34. The van der Waals surface area contributed by atoms with Crippen LogP contribution in [0.3, 0.4) is 0 Å². The Labute approximate surface area is 235 Å². The van der Waals surface area contributed by atoms with Gasteiger partial charge in [0.2, 0.25) is 11.8 Å². The molecule has 3 aromatic carbocycles. The lowest BCUT2D eigenvalue weighted by atomic mass is 10.1. The number of methoxy groups -OCH3 is 1. The Hall–Kier alpha value is -3.92. The number of rotatable bonds is 11. The van der Waals surface area contributed by atoms with Crippen molar-refractivity contribution < 1.29 is 27.1 Å². The first-order valence-corrected chi connectivity index (χ1v) is 14.4. The van der Waals surface area contributed by atoms with Crippen molar-refractivity contribution in [1.82, 2.24) is 10.2 Å². The zero-order chi connectivity index (χ0) is 29.5. The molecule has 1 atom stereocenters. The van der Waals surface area contributed by atoms with Crippen molar-refractivity contribution in [3.05, 3.63) is 90.2 Å². The van der Waals surface area contributed by atoms with Gasteiger partial charge in [-0.2, -0.15) is 0 Å². The first-order chi connectivity index (χ1) is 18.9. The summed E-state index contributed by atoms with van der Waals surface area (Å²) >= 11 is 0. The van der Waals surface area contributed by atoms with E-state index in [0.717, 1.165) is 34.1 Å². The number of nitrogens with zero attached hydrogens (tertiary/aromatic N) is 2. The van der Waals surface area contributed by atoms with E-state index in [1.54, 1.807) is 68.6 Å². The fourth-order valence-electron chi connectivity index (χ4n) is 4.16. The van der Waals surface area contributed by atoms with E-state index >= 15 is 0 Å². The number of anilines is 1. The van der Waals surface area contributed by atoms with Gasteiger partial charge in [-0.1, -0.05) is 37.3 Å². The lowest BCUT2D eigenvalue weighted by molar-refractivity contribution is -0.141. The molecule has 0 aliphatic carbocycles. The zero-order valence-corrected chi connectivity index (χ0v) is 24.2. The van der Waals surface area contributed by atoms with Crippen molar-refractivity contribution in [3.63, 3.8) is 0 Å². The number of sulfonamides is 1. The van der Waals surface area contributed by atoms with Gasteiger partial charge in [0, 0.05) is 12.1 Å². The zero-order valence-electron chi connectivity index (χ0n) is 23.4. The van der Waals surface area contributed by atoms with Gasteiger partial charge in [0.15, 0.2) is 0 Å². The van der Waals surface area contributed by atoms with Crippen LogP contribution in [-0.2, 0) is 26.2 Å². The van der Waals surface area contributed by atoms with Crippen LogP contribution in [0.25, 0.3) is 0 Å². The third-order valence-corrected chi connectivity index (χ3v) is 7.91. The van der Waals surface area contributed by atoms with Crippen molar-refractivity contribution >= 4 is 27.5 Å². The minimum atomic E-state index is -4.26. The number of nitrogens with one attached hydrogen (secondary N) is 1. The van der Waals surface area contributed by atoms with Crippen molar-refractivity contribution in [2.24, 2.45) is 0 Å². The van der Waals surface area contributed by atoms with E-state index in [1.165, 1.54) is 4.90 Å². The van der Waals surface area contributed by atoms with Crippen molar-refractivity contribution in [3.8, 4) is 5.75 Å². The van der Waals surface area contributed by atoms with Gasteiger partial charge in [-0.3, -0.25) is 13.9 Å². The lowest BCUT2D eigenvalue weighted by Gasteiger charge is -2.34. The summed E-state index contributed by atoms with van der Waals surface area (Å²) in [5.74, 6) is -0.854. The molecule has 40 heavy (non-hydrogen) atoms. The minimum absolute atomic E-state index is 0.0676. The second-order valence-electron chi connectivity index (χ2n) is 10.3. The molecule has 10 heteroatoms. The number of hydrogen-bond donors (Lipinski definition) is 1. The molecule has 0 bridgehead atoms. The fraction of sp³-hybridized carbons (Fsp3) is 0.333. The van der Waals surface area contributed by atoms with Crippen LogP contribution in [0.5, 0.6) is 5.75 Å². The average molecular weight is 570 g/mol. The molecule has 1 N–H and O–H groups in total. The standard InChI is InChI=1S/C30H36FN3O5S/c1-6-27(29(36)32-30(2,3)4)33(20-22-12-16-25(39-5)17-13-22)28(35)21-34(24-10-8-7-9-11-24)40(37,38)26-18-14-23(31)15-19-26/h7-19,27H,6,20-21H2,1-5H3,(H,32,36). The summed E-state index contributed by atoms with van der Waals surface area (Å²) < 4.78 is 47.3. The Morgan fingerprint density at radius 3 is 2.08 bits per heavy atom. The molecule has 2 amide bonds. The molecule has 0 saturated heterocycles. The summed E-state index contributed by atoms with van der Waals surface area (Å²) in [5, 5.41) is 2.94. The second kappa shape index (κ2) is 13.0. The molecule has 1 unspecified atom stereocenters. The molecule has 0 fully saturated rings. The van der Waals surface area contributed by atoms with E-state index in [0.29, 0.717) is 12.2 Å². The topological polar surface area (TPSA) is 96.0 Å². The summed E-state index contributed by atoms with van der Waals surface area (Å²) in [7, 11) is -2.71. The molecule has 0 spiro atoms. The van der Waals surface area contributed by atoms with Crippen molar-refractivity contribution in [2.45, 2.75) is 57.1 Å². The number of ether oxygens (including phenoxy) is 1. The molecule has 0 aliphatic heterocycles. The highest BCUT2D eigenvalue weighted by molar-refractivity contribution is 7.92. The Bertz CT molecular complexity index is 1390. The Morgan fingerprint density at radius 2 is 1.55 bits per heavy atom. The molecule has 0 saturated carbocycles. The van der Waals surface area contributed by atoms with Crippen molar-refractivity contribution in [2.75, 3.05) is 18.0 Å². The molecule has 214 valence electrons. The summed E-state index contributed by atoms with van der Waals surface area (Å²) in [6, 6.07) is 18.8. The van der Waals surface area contributed by atoms with E-state index in [-0.39, 0.29) is 23.0 Å². The predicted molar refractivity (Wildman–Crippen MR) is 153 cm³/mol. The number of carbonyl (C=O) groups excluding carboxylic acids is 2.